The van der Waals surface area contributed by atoms with Crippen molar-refractivity contribution in [3.8, 4) is 0 Å². The topological polar surface area (TPSA) is 95.9 Å². The highest BCUT2D eigenvalue weighted by Gasteiger charge is 2.25. The van der Waals surface area contributed by atoms with Gasteiger partial charge in [0.1, 0.15) is 11.5 Å². The third-order valence-corrected chi connectivity index (χ3v) is 5.42. The molecule has 1 unspecified atom stereocenters. The lowest BCUT2D eigenvalue weighted by Gasteiger charge is -2.36. The predicted molar refractivity (Wildman–Crippen MR) is 112 cm³/mol. The number of aromatic nitrogens is 4. The van der Waals surface area contributed by atoms with E-state index in [9.17, 15) is 9.59 Å². The molecule has 1 saturated heterocycles. The first-order valence-corrected chi connectivity index (χ1v) is 10.1. The predicted octanol–water partition coefficient (Wildman–Crippen LogP) is 2.49. The number of hydrogen-bond acceptors (Lipinski definition) is 5. The number of nitrogens with one attached hydrogen (secondary N) is 2. The number of fused-ring (bicyclic) bond motifs is 1. The van der Waals surface area contributed by atoms with Crippen molar-refractivity contribution in [1.82, 2.24) is 25.1 Å². The molecule has 4 rings (SSSR count). The zero-order valence-corrected chi connectivity index (χ0v) is 16.8. The monoisotopic (exact) mass is 394 g/mol. The lowest BCUT2D eigenvalue weighted by Crippen LogP contribution is -2.47. The zero-order valence-electron chi connectivity index (χ0n) is 16.8. The van der Waals surface area contributed by atoms with Crippen LogP contribution in [0.2, 0.25) is 0 Å². The highest BCUT2D eigenvalue weighted by molar-refractivity contribution is 6.05. The van der Waals surface area contributed by atoms with Crippen molar-refractivity contribution in [2.75, 3.05) is 18.0 Å². The summed E-state index contributed by atoms with van der Waals surface area (Å²) in [7, 11) is 0. The molecule has 3 aromatic heterocycles. The Morgan fingerprint density at radius 1 is 1.31 bits per heavy atom. The third-order valence-electron chi connectivity index (χ3n) is 5.42. The van der Waals surface area contributed by atoms with Gasteiger partial charge in [0, 0.05) is 43.0 Å². The molecule has 1 amide bonds. The molecular weight excluding hydrogens is 368 g/mol. The van der Waals surface area contributed by atoms with E-state index >= 15 is 0 Å². The first-order chi connectivity index (χ1) is 14.0. The lowest BCUT2D eigenvalue weighted by atomic mass is 10.0. The molecule has 1 aliphatic heterocycles. The molecule has 152 valence electrons. The number of pyridine rings is 1. The third kappa shape index (κ3) is 3.87. The summed E-state index contributed by atoms with van der Waals surface area (Å²) in [6.45, 7) is 5.28. The molecule has 0 saturated carbocycles. The zero-order chi connectivity index (χ0) is 20.4. The molecule has 8 nitrogen and oxygen atoms in total. The molecule has 8 heteroatoms. The maximum absolute atomic E-state index is 12.8. The van der Waals surface area contributed by atoms with Crippen LogP contribution in [-0.2, 0) is 0 Å². The normalized spacial score (nSPS) is 17.1. The Morgan fingerprint density at radius 2 is 2.17 bits per heavy atom. The summed E-state index contributed by atoms with van der Waals surface area (Å²) in [5.74, 6) is 0.670. The Morgan fingerprint density at radius 3 is 3.00 bits per heavy atom. The molecule has 29 heavy (non-hydrogen) atoms. The van der Waals surface area contributed by atoms with Gasteiger partial charge in [0.2, 0.25) is 0 Å². The summed E-state index contributed by atoms with van der Waals surface area (Å²) < 4.78 is 1.51. The fourth-order valence-electron chi connectivity index (χ4n) is 3.90. The molecular formula is C21H26N6O2. The minimum Gasteiger partial charge on any atom is -0.350 e. The number of hydrogen-bond donors (Lipinski definition) is 2. The van der Waals surface area contributed by atoms with Gasteiger partial charge in [-0.15, -0.1) is 0 Å². The van der Waals surface area contributed by atoms with Gasteiger partial charge in [0.15, 0.2) is 0 Å². The molecule has 2 N–H and O–H groups in total. The second-order valence-corrected chi connectivity index (χ2v) is 7.72. The Balaban J connectivity index is 1.50. The molecule has 0 aromatic carbocycles. The van der Waals surface area contributed by atoms with Crippen molar-refractivity contribution in [2.45, 2.75) is 45.2 Å². The first kappa shape index (κ1) is 19.2. The average Bonchev–Trinajstić information content (AvgIpc) is 3.17. The Hall–Kier alpha value is -3.16. The van der Waals surface area contributed by atoms with Crippen molar-refractivity contribution < 1.29 is 4.79 Å². The molecule has 1 atom stereocenters. The van der Waals surface area contributed by atoms with E-state index in [-0.39, 0.29) is 23.6 Å². The molecule has 4 heterocycles. The summed E-state index contributed by atoms with van der Waals surface area (Å²) in [5, 5.41) is 8.45. The van der Waals surface area contributed by atoms with Crippen LogP contribution >= 0.6 is 0 Å². The van der Waals surface area contributed by atoms with Gasteiger partial charge >= 0.3 is 0 Å². The van der Waals surface area contributed by atoms with E-state index in [0.717, 1.165) is 37.0 Å². The summed E-state index contributed by atoms with van der Waals surface area (Å²) >= 11 is 0. The van der Waals surface area contributed by atoms with Gasteiger partial charge < -0.3 is 15.2 Å². The van der Waals surface area contributed by atoms with Gasteiger partial charge in [-0.05, 0) is 51.3 Å². The Labute approximate surface area is 168 Å². The first-order valence-electron chi connectivity index (χ1n) is 10.1. The van der Waals surface area contributed by atoms with Crippen molar-refractivity contribution in [2.24, 2.45) is 0 Å². The van der Waals surface area contributed by atoms with Crippen LogP contribution in [0.1, 0.15) is 49.5 Å². The number of piperidine rings is 1. The largest absolute Gasteiger partial charge is 0.350 e. The molecule has 0 bridgehead atoms. The van der Waals surface area contributed by atoms with Crippen LogP contribution in [-0.4, -0.2) is 44.8 Å². The number of carbonyl (C=O) groups excluding carboxylic acids is 1. The smallest absolute Gasteiger partial charge is 0.267 e. The standard InChI is InChI=1S/C21H26N6O2/c1-14(2)27-19(28)9-8-18(25-27)26-11-4-3-6-15(26)12-24-21(29)17-13-23-20-16(17)7-5-10-22-20/h5,7-10,13-15H,3-4,6,11-12H2,1-2H3,(H,22,23)(H,24,29). The number of carbonyl (C=O) groups is 1. The van der Waals surface area contributed by atoms with Crippen LogP contribution in [0, 0.1) is 0 Å². The van der Waals surface area contributed by atoms with Crippen molar-refractivity contribution in [1.29, 1.82) is 0 Å². The molecule has 3 aromatic rings. The maximum Gasteiger partial charge on any atom is 0.267 e. The minimum absolute atomic E-state index is 0.000810. The fraction of sp³-hybridized carbons (Fsp3) is 0.429. The highest BCUT2D eigenvalue weighted by Crippen LogP contribution is 2.23. The Kier molecular flexibility index (Phi) is 5.33. The van der Waals surface area contributed by atoms with Crippen molar-refractivity contribution in [3.05, 3.63) is 52.6 Å². The van der Waals surface area contributed by atoms with Gasteiger partial charge in [-0.2, -0.15) is 5.10 Å². The molecule has 1 aliphatic rings. The fourth-order valence-corrected chi connectivity index (χ4v) is 3.90. The van der Waals surface area contributed by atoms with Crippen molar-refractivity contribution in [3.63, 3.8) is 0 Å². The van der Waals surface area contributed by atoms with E-state index in [1.165, 1.54) is 4.68 Å². The van der Waals surface area contributed by atoms with E-state index in [1.54, 1.807) is 24.5 Å². The van der Waals surface area contributed by atoms with Crippen LogP contribution in [0.3, 0.4) is 0 Å². The second kappa shape index (κ2) is 8.06. The molecule has 0 aliphatic carbocycles. The van der Waals surface area contributed by atoms with Crippen LogP contribution in [0.25, 0.3) is 11.0 Å². The van der Waals surface area contributed by atoms with E-state index in [1.807, 2.05) is 26.0 Å². The van der Waals surface area contributed by atoms with Gasteiger partial charge in [-0.1, -0.05) is 0 Å². The van der Waals surface area contributed by atoms with Crippen molar-refractivity contribution >= 4 is 22.8 Å². The van der Waals surface area contributed by atoms with Gasteiger partial charge in [-0.25, -0.2) is 9.67 Å². The molecule has 1 fully saturated rings. The number of nitrogens with zero attached hydrogens (tertiary/aromatic N) is 4. The van der Waals surface area contributed by atoms with E-state index in [2.05, 4.69) is 25.3 Å². The van der Waals surface area contributed by atoms with Crippen LogP contribution < -0.4 is 15.8 Å². The molecule has 0 spiro atoms. The van der Waals surface area contributed by atoms with Crippen LogP contribution in [0.5, 0.6) is 0 Å². The number of aromatic amines is 1. The van der Waals surface area contributed by atoms with Gasteiger partial charge in [0.05, 0.1) is 11.6 Å². The van der Waals surface area contributed by atoms with Gasteiger partial charge in [-0.3, -0.25) is 9.59 Å². The number of H-pyrrole nitrogens is 1. The number of amides is 1. The molecule has 0 radical (unpaired) electrons. The van der Waals surface area contributed by atoms with Gasteiger partial charge in [0.25, 0.3) is 11.5 Å². The number of rotatable bonds is 5. The summed E-state index contributed by atoms with van der Waals surface area (Å²) in [6, 6.07) is 7.21. The maximum atomic E-state index is 12.8. The summed E-state index contributed by atoms with van der Waals surface area (Å²) in [4.78, 5) is 34.3. The van der Waals surface area contributed by atoms with Crippen LogP contribution in [0.4, 0.5) is 5.82 Å². The summed E-state index contributed by atoms with van der Waals surface area (Å²) in [6.07, 6.45) is 6.55. The van der Waals surface area contributed by atoms with E-state index < -0.39 is 0 Å². The highest BCUT2D eigenvalue weighted by atomic mass is 16.1. The quantitative estimate of drug-likeness (QED) is 0.693. The van der Waals surface area contributed by atoms with E-state index in [4.69, 9.17) is 0 Å². The summed E-state index contributed by atoms with van der Waals surface area (Å²) in [5.41, 5.74) is 1.21. The van der Waals surface area contributed by atoms with E-state index in [0.29, 0.717) is 17.8 Å². The average molecular weight is 394 g/mol. The second-order valence-electron chi connectivity index (χ2n) is 7.72. The lowest BCUT2D eigenvalue weighted by molar-refractivity contribution is 0.0951. The minimum atomic E-state index is -0.116. The SMILES string of the molecule is CC(C)n1nc(N2CCCCC2CNC(=O)c2c[nH]c3ncccc23)ccc1=O. The van der Waals surface area contributed by atoms with Crippen LogP contribution in [0.15, 0.2) is 41.5 Å². The number of anilines is 1. The Bertz CT molecular complexity index is 1070.